The Bertz CT molecular complexity index is 3840. The zero-order chi connectivity index (χ0) is 72.9. The monoisotopic (exact) mass is 1640 g/mol. The van der Waals surface area contributed by atoms with E-state index in [0.717, 1.165) is 46.5 Å². The van der Waals surface area contributed by atoms with Crippen LogP contribution >= 0.6 is 0 Å². The van der Waals surface area contributed by atoms with E-state index in [-0.39, 0.29) is 170 Å². The molecule has 0 aromatic heterocycles. The molecule has 34 heteroatoms. The molecule has 0 bridgehead atoms. The summed E-state index contributed by atoms with van der Waals surface area (Å²) in [7, 11) is 0. The average molecular weight is 1650 g/mol. The van der Waals surface area contributed by atoms with Crippen molar-refractivity contribution in [1.29, 1.82) is 0 Å². The van der Waals surface area contributed by atoms with Gasteiger partial charge in [-0.2, -0.15) is 0 Å². The minimum absolute atomic E-state index is 0. The Morgan fingerprint density at radius 1 is 0.245 bits per heavy atom. The van der Waals surface area contributed by atoms with Crippen molar-refractivity contribution in [2.45, 2.75) is 53.4 Å². The molecule has 0 unspecified atom stereocenters. The van der Waals surface area contributed by atoms with Crippen LogP contribution in [0.15, 0.2) is 186 Å². The molecular formula is C72H72Cu4N12O18. The quantitative estimate of drug-likeness (QED) is 0.0172. The van der Waals surface area contributed by atoms with Gasteiger partial charge in [-0.1, -0.05) is 142 Å². The number of hydrogen-bond donors (Lipinski definition) is 0. The van der Waals surface area contributed by atoms with Gasteiger partial charge in [0.2, 0.25) is 0 Å². The molecule has 0 aliphatic carbocycles. The van der Waals surface area contributed by atoms with E-state index < -0.39 is 19.7 Å². The van der Waals surface area contributed by atoms with E-state index in [2.05, 4.69) is 39.9 Å². The van der Waals surface area contributed by atoms with Crippen LogP contribution in [0.5, 0.6) is 46.0 Å². The van der Waals surface area contributed by atoms with E-state index in [1.165, 1.54) is 97.7 Å². The van der Waals surface area contributed by atoms with E-state index >= 15 is 0 Å². The number of nitro groups is 4. The van der Waals surface area contributed by atoms with Gasteiger partial charge < -0.3 is 51.8 Å². The van der Waals surface area contributed by atoms with Crippen molar-refractivity contribution < 1.29 is 140 Å². The fourth-order valence-electron chi connectivity index (χ4n) is 8.39. The Balaban J connectivity index is 0. The summed E-state index contributed by atoms with van der Waals surface area (Å²) in [6.07, 6.45) is 14.1. The molecule has 0 spiro atoms. The van der Waals surface area contributed by atoms with Gasteiger partial charge in [-0.05, 0) is 97.9 Å². The number of non-ortho nitro benzene ring substituents is 4. The summed E-state index contributed by atoms with van der Waals surface area (Å²) in [5.74, 6) is -1.52. The number of nitrogens with zero attached hydrogens (tertiary/aromatic N) is 12. The van der Waals surface area contributed by atoms with E-state index in [1.54, 1.807) is 73.4 Å². The van der Waals surface area contributed by atoms with Crippen LogP contribution in [0.25, 0.3) is 0 Å². The fraction of sp³-hybridized carbons (Fsp3) is 0.222. The summed E-state index contributed by atoms with van der Waals surface area (Å²) < 4.78 is 0. The van der Waals surface area contributed by atoms with Gasteiger partial charge in [0.25, 0.3) is 22.7 Å². The maximum atomic E-state index is 11.6. The van der Waals surface area contributed by atoms with E-state index in [0.29, 0.717) is 100 Å². The minimum Gasteiger partial charge on any atom is -0.872 e. The van der Waals surface area contributed by atoms with Crippen LogP contribution in [-0.4, -0.2) is 133 Å². The maximum Gasteiger partial charge on any atom is 2.00 e. The van der Waals surface area contributed by atoms with Crippen LogP contribution in [0, 0.1) is 68.2 Å². The third-order valence-electron chi connectivity index (χ3n) is 13.6. The number of hydrogen-bond acceptors (Lipinski definition) is 24. The Kier molecular flexibility index (Phi) is 47.8. The fourth-order valence-corrected chi connectivity index (χ4v) is 8.39. The molecule has 8 rings (SSSR count). The van der Waals surface area contributed by atoms with Gasteiger partial charge in [-0.3, -0.25) is 80.4 Å². The summed E-state index contributed by atoms with van der Waals surface area (Å²) in [4.78, 5) is 73.7. The first-order valence-electron chi connectivity index (χ1n) is 30.8. The molecule has 0 saturated heterocycles. The van der Waals surface area contributed by atoms with Gasteiger partial charge >= 0.3 is 68.3 Å². The molecule has 8 aromatic rings. The van der Waals surface area contributed by atoms with Crippen molar-refractivity contribution in [3.63, 3.8) is 0 Å². The molecule has 8 aromatic carbocycles. The van der Waals surface area contributed by atoms with Gasteiger partial charge in [0, 0.05) is 151 Å². The standard InChI is InChI=1S/4C18H19N3O4.4Cu.2H2O/c4*1-13-3-5-17(22)14(9-13)11-19-7-2-8-20-12-15-10-16(21(24)25)4-6-18(15)23;;;;;;/h4*3-6,9-12,22-23H,2,7-8H2,1H3;;;;;2*1H2/q;;;;4*+2;;/p-8. The number of aliphatic imine (C=N–C) groups is 8. The second kappa shape index (κ2) is 52.1. The number of nitro benzene ring substituents is 4. The SMILES string of the molecule is Cc1ccc([O-])c(C=NCCCN=Cc2cc([N+](=O)[O-])ccc2[O-])c1.Cc1ccc([O-])c(C=NCCCN=Cc2cc([N+](=O)[O-])ccc2[O-])c1.Cc1ccc([O-])c(C=NCCCN=Cc2cc([N+](=O)[O-])ccc2[O-])c1.Cc1ccc([O-])c(C=NCCCN=Cc2cc([N+](=O)[O-])ccc2[O-])c1.O.O.[Cu+2].[Cu+2].[Cu+2].[Cu+2]. The molecule has 0 saturated carbocycles. The van der Waals surface area contributed by atoms with Crippen LogP contribution in [0.4, 0.5) is 22.7 Å². The Labute approximate surface area is 652 Å². The van der Waals surface area contributed by atoms with Gasteiger partial charge in [0.15, 0.2) is 0 Å². The average Bonchev–Trinajstić information content (AvgIpc) is 0.840. The van der Waals surface area contributed by atoms with Gasteiger partial charge in [0.05, 0.1) is 19.7 Å². The van der Waals surface area contributed by atoms with Crippen molar-refractivity contribution in [2.75, 3.05) is 52.4 Å². The van der Waals surface area contributed by atoms with Crippen LogP contribution in [0.3, 0.4) is 0 Å². The first-order valence-corrected chi connectivity index (χ1v) is 30.8. The van der Waals surface area contributed by atoms with Crippen molar-refractivity contribution in [1.82, 2.24) is 0 Å². The summed E-state index contributed by atoms with van der Waals surface area (Å²) in [6, 6.07) is 34.3. The number of benzene rings is 8. The van der Waals surface area contributed by atoms with Crippen LogP contribution in [-0.2, 0) is 68.3 Å². The van der Waals surface area contributed by atoms with Gasteiger partial charge in [-0.15, -0.1) is 23.0 Å². The number of aryl methyl sites for hydroxylation is 4. The Morgan fingerprint density at radius 3 is 0.519 bits per heavy atom. The molecule has 0 amide bonds. The predicted molar refractivity (Wildman–Crippen MR) is 378 cm³/mol. The predicted octanol–water partition coefficient (Wildman–Crippen LogP) is 6.25. The molecule has 0 aliphatic heterocycles. The molecule has 0 atom stereocenters. The topological polar surface area (TPSA) is 519 Å². The van der Waals surface area contributed by atoms with Crippen LogP contribution < -0.4 is 40.9 Å². The maximum absolute atomic E-state index is 11.6. The summed E-state index contributed by atoms with van der Waals surface area (Å²) in [5, 5.41) is 136. The second-order valence-corrected chi connectivity index (χ2v) is 21.8. The van der Waals surface area contributed by atoms with Crippen LogP contribution in [0.2, 0.25) is 0 Å². The van der Waals surface area contributed by atoms with Crippen LogP contribution in [0.1, 0.15) is 92.4 Å². The molecular weight excluding hydrogens is 1580 g/mol. The first-order chi connectivity index (χ1) is 47.9. The van der Waals surface area contributed by atoms with Crippen molar-refractivity contribution in [3.05, 3.63) is 253 Å². The Hall–Kier alpha value is -10.9. The molecule has 572 valence electrons. The van der Waals surface area contributed by atoms with E-state index in [1.807, 2.05) is 27.7 Å². The molecule has 0 aliphatic rings. The smallest absolute Gasteiger partial charge is 0.872 e. The third kappa shape index (κ3) is 35.5. The molecule has 4 radical (unpaired) electrons. The molecule has 106 heavy (non-hydrogen) atoms. The van der Waals surface area contributed by atoms with Crippen molar-refractivity contribution >= 4 is 72.5 Å². The third-order valence-corrected chi connectivity index (χ3v) is 13.6. The normalized spacial score (nSPS) is 10.8. The molecule has 0 heterocycles. The molecule has 30 nitrogen and oxygen atoms in total. The van der Waals surface area contributed by atoms with Crippen molar-refractivity contribution in [2.24, 2.45) is 39.9 Å². The minimum atomic E-state index is -0.554. The number of rotatable bonds is 28. The molecule has 4 N–H and O–H groups in total. The second-order valence-electron chi connectivity index (χ2n) is 21.8. The van der Waals surface area contributed by atoms with Gasteiger partial charge in [-0.25, -0.2) is 0 Å². The van der Waals surface area contributed by atoms with E-state index in [9.17, 15) is 81.3 Å². The van der Waals surface area contributed by atoms with E-state index in [4.69, 9.17) is 0 Å². The summed E-state index contributed by atoms with van der Waals surface area (Å²) >= 11 is 0. The molecule has 0 fully saturated rings. The summed E-state index contributed by atoms with van der Waals surface area (Å²) in [5.41, 5.74) is 6.38. The van der Waals surface area contributed by atoms with Crippen molar-refractivity contribution in [3.8, 4) is 46.0 Å². The first kappa shape index (κ1) is 97.2. The zero-order valence-electron chi connectivity index (χ0n) is 57.1. The zero-order valence-corrected chi connectivity index (χ0v) is 60.8. The Morgan fingerprint density at radius 2 is 0.377 bits per heavy atom. The largest absolute Gasteiger partial charge is 2.00 e. The van der Waals surface area contributed by atoms with Gasteiger partial charge in [0.1, 0.15) is 0 Å². The summed E-state index contributed by atoms with van der Waals surface area (Å²) in [6.45, 7) is 11.3.